The second kappa shape index (κ2) is 35.0. The number of carbonyl (C=O) groups is 8. The molecule has 2 aromatic carbocycles. The summed E-state index contributed by atoms with van der Waals surface area (Å²) in [5.74, 6) is -4.88. The van der Waals surface area contributed by atoms with Gasteiger partial charge in [0.05, 0.1) is 34.9 Å². The SMILES string of the molecule is CCCCOC(=O)C(C)(CC(C)(C)C(=O)OCCOC(=O)C(C)(C)CC(C)(CC(C)(N=[N+]=[N-])C(=O)NC(Cc1ccc(O[Si](C)(C)C(C)(C)C)c(C)c1)C(=O)O)C(=O)OCCCC)CC(C)(N=[N+]=[N-])C(=O)NC(Cc1ccc(O[Si](C)(C)C(C)(C)C)c(O[Si](C)(C)C(C)(C)C)c1)OC=O. The molecule has 99 heavy (non-hydrogen) atoms. The summed E-state index contributed by atoms with van der Waals surface area (Å²) in [6.07, 6.45) is -0.964. The van der Waals surface area contributed by atoms with Gasteiger partial charge in [0, 0.05) is 22.7 Å². The summed E-state index contributed by atoms with van der Waals surface area (Å²) in [5.41, 5.74) is 11.1. The average Bonchev–Trinajstić information content (AvgIpc) is 0.795. The average molecular weight is 1440 g/mol. The predicted octanol–water partition coefficient (Wildman–Crippen LogP) is 15.7. The molecule has 28 heteroatoms. The summed E-state index contributed by atoms with van der Waals surface area (Å²) in [6, 6.07) is 9.18. The molecular formula is C71H118N8O17Si3. The van der Waals surface area contributed by atoms with Crippen molar-refractivity contribution in [2.45, 2.75) is 280 Å². The maximum atomic E-state index is 14.6. The Balaban J connectivity index is 2.46. The fourth-order valence-corrected chi connectivity index (χ4v) is 13.8. The molecule has 0 aliphatic carbocycles. The molecule has 0 aliphatic rings. The number of carbonyl (C=O) groups excluding carboxylic acids is 7. The number of nitrogens with zero attached hydrogens (tertiary/aromatic N) is 6. The van der Waals surface area contributed by atoms with Crippen LogP contribution in [0.1, 0.15) is 200 Å². The molecule has 0 radical (unpaired) electrons. The third kappa shape index (κ3) is 25.2. The number of ether oxygens (including phenoxy) is 5. The largest absolute Gasteiger partial charge is 0.543 e. The Morgan fingerprint density at radius 3 is 1.24 bits per heavy atom. The fourth-order valence-electron chi connectivity index (χ4n) is 10.7. The Hall–Kier alpha value is -7.13. The summed E-state index contributed by atoms with van der Waals surface area (Å²) in [7, 11) is -7.06. The Kier molecular flexibility index (Phi) is 31.1. The third-order valence-electron chi connectivity index (χ3n) is 19.5. The molecule has 2 aromatic rings. The Labute approximate surface area is 591 Å². The van der Waals surface area contributed by atoms with E-state index in [0.717, 1.165) is 5.56 Å². The summed E-state index contributed by atoms with van der Waals surface area (Å²) >= 11 is 0. The molecule has 0 fully saturated rings. The van der Waals surface area contributed by atoms with E-state index in [2.05, 4.69) is 132 Å². The first-order valence-corrected chi connectivity index (χ1v) is 42.9. The molecule has 6 unspecified atom stereocenters. The van der Waals surface area contributed by atoms with Crippen LogP contribution in [0.5, 0.6) is 17.2 Å². The molecule has 0 saturated carbocycles. The number of aryl methyl sites for hydroxylation is 1. The van der Waals surface area contributed by atoms with Gasteiger partial charge in [0.1, 0.15) is 47.6 Å². The van der Waals surface area contributed by atoms with Crippen molar-refractivity contribution in [3.05, 3.63) is 74.0 Å². The van der Waals surface area contributed by atoms with Gasteiger partial charge in [-0.1, -0.05) is 117 Å². The normalized spacial score (nSPS) is 15.5. The molecule has 6 atom stereocenters. The van der Waals surface area contributed by atoms with E-state index in [1.165, 1.54) is 55.4 Å². The van der Waals surface area contributed by atoms with Crippen molar-refractivity contribution in [1.29, 1.82) is 0 Å². The zero-order chi connectivity index (χ0) is 76.4. The lowest BCUT2D eigenvalue weighted by molar-refractivity contribution is -0.170. The van der Waals surface area contributed by atoms with Crippen molar-refractivity contribution in [2.75, 3.05) is 26.4 Å². The van der Waals surface area contributed by atoms with E-state index in [-0.39, 0.29) is 60.5 Å². The summed E-state index contributed by atoms with van der Waals surface area (Å²) in [4.78, 5) is 117. The molecule has 2 amide bonds. The number of esters is 4. The van der Waals surface area contributed by atoms with E-state index in [1.54, 1.807) is 30.3 Å². The number of benzene rings is 2. The zero-order valence-electron chi connectivity index (χ0n) is 64.3. The quantitative estimate of drug-likeness (QED) is 0.00642. The number of azide groups is 2. The smallest absolute Gasteiger partial charge is 0.326 e. The first-order chi connectivity index (χ1) is 45.1. The number of hydrogen-bond acceptors (Lipinski definition) is 18. The number of hydrogen-bond donors (Lipinski definition) is 3. The summed E-state index contributed by atoms with van der Waals surface area (Å²) in [5, 5.41) is 23.0. The predicted molar refractivity (Wildman–Crippen MR) is 388 cm³/mol. The number of carboxylic acid groups (broad SMARTS) is 1. The highest BCUT2D eigenvalue weighted by Gasteiger charge is 2.53. The molecule has 0 bridgehead atoms. The minimum Gasteiger partial charge on any atom is -0.543 e. The number of nitrogens with one attached hydrogen (secondary N) is 2. The highest BCUT2D eigenvalue weighted by Crippen LogP contribution is 2.47. The summed E-state index contributed by atoms with van der Waals surface area (Å²) < 4.78 is 48.4. The van der Waals surface area contributed by atoms with Crippen molar-refractivity contribution in [1.82, 2.24) is 10.6 Å². The molecule has 0 aliphatic heterocycles. The van der Waals surface area contributed by atoms with E-state index in [4.69, 9.17) is 37.0 Å². The van der Waals surface area contributed by atoms with Crippen LogP contribution in [0.2, 0.25) is 54.4 Å². The number of carboxylic acids is 1. The van der Waals surface area contributed by atoms with Crippen LogP contribution in [0.25, 0.3) is 20.9 Å². The molecule has 25 nitrogen and oxygen atoms in total. The number of unbranched alkanes of at least 4 members (excludes halogenated alkanes) is 2. The lowest BCUT2D eigenvalue weighted by atomic mass is 9.68. The molecule has 0 aromatic heterocycles. The summed E-state index contributed by atoms with van der Waals surface area (Å²) in [6.45, 7) is 48.1. The van der Waals surface area contributed by atoms with Crippen LogP contribution in [-0.2, 0) is 74.9 Å². The van der Waals surface area contributed by atoms with Gasteiger partial charge >= 0.3 is 29.8 Å². The van der Waals surface area contributed by atoms with Gasteiger partial charge in [-0.15, -0.1) is 0 Å². The maximum absolute atomic E-state index is 14.6. The Bertz CT molecular complexity index is 3270. The first-order valence-electron chi connectivity index (χ1n) is 34.2. The lowest BCUT2D eigenvalue weighted by Gasteiger charge is -2.40. The van der Waals surface area contributed by atoms with E-state index >= 15 is 0 Å². The van der Waals surface area contributed by atoms with E-state index in [1.807, 2.05) is 26.8 Å². The standard InChI is InChI=1S/C71H118N8O17Si3/c1-27-29-35-89-61(87)68(17,45-70(19,76-78-72)57(83)74-51(56(81)82)40-49-31-33-52(48(3)39-49)94-97(21,22)63(4,5)6)43-66(13,14)59(85)91-37-38-92-60(86)67(15,16)44-69(18,62(88)90-36-30-28-2)46-71(20,77-79-73)58(84)75-55(93-47-80)42-50-32-34-53(95-98(23,24)64(7,8)9)54(41-50)96-99(25,26)65(10,11)12/h31-34,39,41,47,51,55H,27-30,35-38,40,42-46H2,1-26H3,(H,74,83)(H,75,84)(H,81,82). The molecule has 0 saturated heterocycles. The van der Waals surface area contributed by atoms with Gasteiger partial charge in [-0.3, -0.25) is 33.6 Å². The van der Waals surface area contributed by atoms with Crippen molar-refractivity contribution < 1.29 is 80.4 Å². The van der Waals surface area contributed by atoms with Crippen molar-refractivity contribution >= 4 is 73.1 Å². The fraction of sp³-hybridized carbons (Fsp3) is 0.718. The van der Waals surface area contributed by atoms with Crippen LogP contribution in [0.4, 0.5) is 0 Å². The molecule has 0 heterocycles. The Morgan fingerprint density at radius 1 is 0.515 bits per heavy atom. The monoisotopic (exact) mass is 1440 g/mol. The minimum absolute atomic E-state index is 0.00221. The third-order valence-corrected chi connectivity index (χ3v) is 32.5. The van der Waals surface area contributed by atoms with Gasteiger partial charge in [-0.05, 0) is 201 Å². The maximum Gasteiger partial charge on any atom is 0.326 e. The second-order valence-corrected chi connectivity index (χ2v) is 47.4. The Morgan fingerprint density at radius 2 is 0.879 bits per heavy atom. The minimum atomic E-state index is -2.46. The number of aliphatic carboxylic acids is 1. The van der Waals surface area contributed by atoms with Crippen molar-refractivity contribution in [3.8, 4) is 17.2 Å². The van der Waals surface area contributed by atoms with E-state index in [9.17, 15) is 54.5 Å². The van der Waals surface area contributed by atoms with Gasteiger partial charge in [0.15, 0.2) is 6.23 Å². The van der Waals surface area contributed by atoms with E-state index in [0.29, 0.717) is 54.1 Å². The number of rotatable bonds is 40. The van der Waals surface area contributed by atoms with Gasteiger partial charge in [-0.25, -0.2) is 4.79 Å². The molecule has 2 rings (SSSR count). The van der Waals surface area contributed by atoms with Crippen molar-refractivity contribution in [2.24, 2.45) is 31.9 Å². The molecule has 556 valence electrons. The highest BCUT2D eigenvalue weighted by atomic mass is 28.4. The van der Waals surface area contributed by atoms with Gasteiger partial charge in [0.2, 0.25) is 20.1 Å². The van der Waals surface area contributed by atoms with Gasteiger partial charge in [-0.2, -0.15) is 0 Å². The lowest BCUT2D eigenvalue weighted by Crippen LogP contribution is -2.54. The van der Waals surface area contributed by atoms with Crippen LogP contribution < -0.4 is 23.9 Å². The molecule has 0 spiro atoms. The molecular weight excluding hydrogens is 1320 g/mol. The molecule has 3 N–H and O–H groups in total. The van der Waals surface area contributed by atoms with Crippen LogP contribution in [0.3, 0.4) is 0 Å². The topological polar surface area (TPSA) is 352 Å². The number of amides is 2. The van der Waals surface area contributed by atoms with Crippen LogP contribution in [-0.4, -0.2) is 128 Å². The van der Waals surface area contributed by atoms with Crippen LogP contribution in [0, 0.1) is 28.6 Å². The van der Waals surface area contributed by atoms with Crippen LogP contribution >= 0.6 is 0 Å². The second-order valence-electron chi connectivity index (χ2n) is 33.2. The van der Waals surface area contributed by atoms with Crippen molar-refractivity contribution in [3.63, 3.8) is 0 Å². The zero-order valence-corrected chi connectivity index (χ0v) is 67.3. The highest BCUT2D eigenvalue weighted by molar-refractivity contribution is 6.76. The first kappa shape index (κ1) is 88.0. The van der Waals surface area contributed by atoms with Crippen LogP contribution in [0.15, 0.2) is 46.6 Å². The van der Waals surface area contributed by atoms with E-state index < -0.39 is 138 Å². The van der Waals surface area contributed by atoms with Gasteiger partial charge in [0.25, 0.3) is 23.1 Å². The van der Waals surface area contributed by atoms with Gasteiger partial charge < -0.3 is 52.7 Å².